The van der Waals surface area contributed by atoms with Crippen molar-refractivity contribution in [2.24, 2.45) is 0 Å². The summed E-state index contributed by atoms with van der Waals surface area (Å²) in [5.74, 6) is -0.212. The van der Waals surface area contributed by atoms with Gasteiger partial charge in [-0.1, -0.05) is 13.0 Å². The van der Waals surface area contributed by atoms with E-state index in [2.05, 4.69) is 17.2 Å². The highest BCUT2D eigenvalue weighted by molar-refractivity contribution is 7.13. The molecule has 0 bridgehead atoms. The lowest BCUT2D eigenvalue weighted by molar-refractivity contribution is 0.628. The number of benzene rings is 1. The maximum atomic E-state index is 13.3. The predicted octanol–water partition coefficient (Wildman–Crippen LogP) is 3.76. The number of nitrogens with zero attached hydrogens (tertiary/aromatic N) is 1. The lowest BCUT2D eigenvalue weighted by Crippen LogP contribution is -2.13. The van der Waals surface area contributed by atoms with Crippen LogP contribution in [0.1, 0.15) is 24.6 Å². The van der Waals surface area contributed by atoms with Crippen LogP contribution in [0.3, 0.4) is 0 Å². The van der Waals surface area contributed by atoms with Crippen LogP contribution in [0.4, 0.5) is 4.39 Å². The van der Waals surface area contributed by atoms with Crippen LogP contribution in [0, 0.1) is 12.7 Å². The molecule has 0 radical (unpaired) electrons. The summed E-state index contributed by atoms with van der Waals surface area (Å²) >= 11 is 1.57. The van der Waals surface area contributed by atoms with E-state index in [1.807, 2.05) is 12.3 Å². The zero-order valence-corrected chi connectivity index (χ0v) is 11.5. The van der Waals surface area contributed by atoms with Crippen molar-refractivity contribution in [3.8, 4) is 10.6 Å². The highest BCUT2D eigenvalue weighted by Crippen LogP contribution is 2.27. The molecule has 2 aromatic rings. The molecule has 18 heavy (non-hydrogen) atoms. The maximum absolute atomic E-state index is 13.3. The molecule has 0 spiro atoms. The van der Waals surface area contributed by atoms with Gasteiger partial charge in [0, 0.05) is 17.5 Å². The molecular formula is C14H17FN2S. The van der Waals surface area contributed by atoms with E-state index in [0.717, 1.165) is 41.3 Å². The lowest BCUT2D eigenvalue weighted by atomic mass is 10.1. The summed E-state index contributed by atoms with van der Waals surface area (Å²) in [5, 5.41) is 6.23. The molecule has 2 rings (SSSR count). The number of halogens is 1. The largest absolute Gasteiger partial charge is 0.311 e. The number of nitrogens with one attached hydrogen (secondary N) is 1. The number of hydrogen-bond acceptors (Lipinski definition) is 3. The fourth-order valence-corrected chi connectivity index (χ4v) is 2.63. The second-order valence-electron chi connectivity index (χ2n) is 4.28. The van der Waals surface area contributed by atoms with Crippen LogP contribution in [0.25, 0.3) is 10.6 Å². The molecule has 0 amide bonds. The highest BCUT2D eigenvalue weighted by Gasteiger charge is 2.08. The molecule has 0 aliphatic heterocycles. The predicted molar refractivity (Wildman–Crippen MR) is 74.2 cm³/mol. The number of hydrogen-bond donors (Lipinski definition) is 1. The Kier molecular flexibility index (Phi) is 4.44. The van der Waals surface area contributed by atoms with Gasteiger partial charge in [0.25, 0.3) is 0 Å². The van der Waals surface area contributed by atoms with Crippen molar-refractivity contribution in [2.75, 3.05) is 6.54 Å². The molecule has 4 heteroatoms. The van der Waals surface area contributed by atoms with Gasteiger partial charge in [-0.25, -0.2) is 9.37 Å². The van der Waals surface area contributed by atoms with Gasteiger partial charge in [-0.2, -0.15) is 0 Å². The smallest absolute Gasteiger partial charge is 0.124 e. The van der Waals surface area contributed by atoms with Gasteiger partial charge in [0.05, 0.1) is 5.69 Å². The number of rotatable bonds is 5. The van der Waals surface area contributed by atoms with E-state index in [9.17, 15) is 4.39 Å². The van der Waals surface area contributed by atoms with Crippen LogP contribution in [-0.2, 0) is 6.54 Å². The summed E-state index contributed by atoms with van der Waals surface area (Å²) in [5.41, 5.74) is 2.97. The van der Waals surface area contributed by atoms with Crippen LogP contribution in [0.5, 0.6) is 0 Å². The zero-order chi connectivity index (χ0) is 13.0. The zero-order valence-electron chi connectivity index (χ0n) is 10.7. The molecular weight excluding hydrogens is 247 g/mol. The third kappa shape index (κ3) is 3.15. The summed E-state index contributed by atoms with van der Waals surface area (Å²) in [6.07, 6.45) is 1.11. The van der Waals surface area contributed by atoms with Crippen LogP contribution in [0.2, 0.25) is 0 Å². The Morgan fingerprint density at radius 3 is 3.00 bits per heavy atom. The van der Waals surface area contributed by atoms with Crippen LogP contribution < -0.4 is 5.32 Å². The van der Waals surface area contributed by atoms with Crippen LogP contribution in [0.15, 0.2) is 23.6 Å². The first kappa shape index (κ1) is 13.2. The van der Waals surface area contributed by atoms with Crippen LogP contribution in [-0.4, -0.2) is 11.5 Å². The minimum absolute atomic E-state index is 0.212. The summed E-state index contributed by atoms with van der Waals surface area (Å²) < 4.78 is 13.3. The minimum atomic E-state index is -0.212. The van der Waals surface area contributed by atoms with E-state index in [1.54, 1.807) is 23.5 Å². The van der Waals surface area contributed by atoms with Gasteiger partial charge < -0.3 is 5.32 Å². The summed E-state index contributed by atoms with van der Waals surface area (Å²) in [6.45, 7) is 5.88. The molecule has 1 aromatic carbocycles. The molecule has 1 aromatic heterocycles. The quantitative estimate of drug-likeness (QED) is 0.832. The van der Waals surface area contributed by atoms with Crippen molar-refractivity contribution in [2.45, 2.75) is 26.8 Å². The second kappa shape index (κ2) is 6.07. The summed E-state index contributed by atoms with van der Waals surface area (Å²) in [7, 11) is 0. The first-order valence-electron chi connectivity index (χ1n) is 6.12. The average Bonchev–Trinajstić information content (AvgIpc) is 2.81. The van der Waals surface area contributed by atoms with Gasteiger partial charge in [0.15, 0.2) is 0 Å². The standard InChI is InChI=1S/C14H17FN2S/c1-3-6-16-8-12-9-18-14(17-12)13-7-11(15)5-4-10(13)2/h4-5,7,9,16H,3,6,8H2,1-2H3. The Morgan fingerprint density at radius 2 is 2.22 bits per heavy atom. The topological polar surface area (TPSA) is 24.9 Å². The van der Waals surface area contributed by atoms with Crippen molar-refractivity contribution < 1.29 is 4.39 Å². The summed E-state index contributed by atoms with van der Waals surface area (Å²) in [4.78, 5) is 4.54. The van der Waals surface area contributed by atoms with Gasteiger partial charge in [-0.3, -0.25) is 0 Å². The first-order valence-corrected chi connectivity index (χ1v) is 7.00. The van der Waals surface area contributed by atoms with Gasteiger partial charge in [0.1, 0.15) is 10.8 Å². The molecule has 0 aliphatic carbocycles. The van der Waals surface area contributed by atoms with Crippen LogP contribution >= 0.6 is 11.3 Å². The normalized spacial score (nSPS) is 10.8. The van der Waals surface area contributed by atoms with Crippen molar-refractivity contribution in [3.63, 3.8) is 0 Å². The third-order valence-corrected chi connectivity index (χ3v) is 3.64. The minimum Gasteiger partial charge on any atom is -0.311 e. The van der Waals surface area contributed by atoms with Crippen molar-refractivity contribution in [1.29, 1.82) is 0 Å². The molecule has 0 aliphatic rings. The fraction of sp³-hybridized carbons (Fsp3) is 0.357. The molecule has 96 valence electrons. The molecule has 0 fully saturated rings. The molecule has 0 saturated carbocycles. The Morgan fingerprint density at radius 1 is 1.39 bits per heavy atom. The third-order valence-electron chi connectivity index (χ3n) is 2.71. The molecule has 0 unspecified atom stereocenters. The average molecular weight is 264 g/mol. The van der Waals surface area contributed by atoms with E-state index in [4.69, 9.17) is 0 Å². The van der Waals surface area contributed by atoms with Gasteiger partial charge in [-0.15, -0.1) is 11.3 Å². The SMILES string of the molecule is CCCNCc1csc(-c2cc(F)ccc2C)n1. The Balaban J connectivity index is 2.16. The Bertz CT molecular complexity index is 522. The van der Waals surface area contributed by atoms with Gasteiger partial charge >= 0.3 is 0 Å². The van der Waals surface area contributed by atoms with E-state index in [-0.39, 0.29) is 5.82 Å². The van der Waals surface area contributed by atoms with E-state index < -0.39 is 0 Å². The molecule has 2 nitrogen and oxygen atoms in total. The number of thiazole rings is 1. The van der Waals surface area contributed by atoms with E-state index >= 15 is 0 Å². The molecule has 1 heterocycles. The van der Waals surface area contributed by atoms with Gasteiger partial charge in [-0.05, 0) is 37.6 Å². The van der Waals surface area contributed by atoms with Gasteiger partial charge in [0.2, 0.25) is 0 Å². The van der Waals surface area contributed by atoms with E-state index in [1.165, 1.54) is 6.07 Å². The molecule has 1 N–H and O–H groups in total. The lowest BCUT2D eigenvalue weighted by Gasteiger charge is -2.02. The Hall–Kier alpha value is -1.26. The first-order chi connectivity index (χ1) is 8.70. The van der Waals surface area contributed by atoms with Crippen molar-refractivity contribution >= 4 is 11.3 Å². The number of aromatic nitrogens is 1. The maximum Gasteiger partial charge on any atom is 0.124 e. The highest BCUT2D eigenvalue weighted by atomic mass is 32.1. The fourth-order valence-electron chi connectivity index (χ4n) is 1.73. The van der Waals surface area contributed by atoms with E-state index in [0.29, 0.717) is 0 Å². The monoisotopic (exact) mass is 264 g/mol. The van der Waals surface area contributed by atoms with Crippen molar-refractivity contribution in [1.82, 2.24) is 10.3 Å². The Labute approximate surface area is 111 Å². The molecule has 0 saturated heterocycles. The number of aryl methyl sites for hydroxylation is 1. The second-order valence-corrected chi connectivity index (χ2v) is 5.14. The summed E-state index contributed by atoms with van der Waals surface area (Å²) in [6, 6.07) is 4.83. The van der Waals surface area contributed by atoms with Crippen molar-refractivity contribution in [3.05, 3.63) is 40.7 Å². The molecule has 0 atom stereocenters.